The first kappa shape index (κ1) is 9.71. The Kier molecular flexibility index (Phi) is 2.58. The molecule has 1 heterocycles. The van der Waals surface area contributed by atoms with E-state index >= 15 is 0 Å². The van der Waals surface area contributed by atoms with Crippen molar-refractivity contribution < 1.29 is 0 Å². The second kappa shape index (κ2) is 3.73. The first-order valence-electron chi connectivity index (χ1n) is 4.69. The van der Waals surface area contributed by atoms with Crippen molar-refractivity contribution in [1.29, 1.82) is 0 Å². The highest BCUT2D eigenvalue weighted by Gasteiger charge is 2.26. The largest absolute Gasteiger partial charge is 0.383 e. The molecule has 4 nitrogen and oxygen atoms in total. The van der Waals surface area contributed by atoms with Crippen LogP contribution in [0.1, 0.15) is 19.8 Å². The highest BCUT2D eigenvalue weighted by atomic mass is 79.9. The first-order valence-corrected chi connectivity index (χ1v) is 5.48. The maximum absolute atomic E-state index is 5.65. The van der Waals surface area contributed by atoms with Gasteiger partial charge in [-0.2, -0.15) is 0 Å². The monoisotopic (exact) mass is 256 g/mol. The quantitative estimate of drug-likeness (QED) is 0.850. The van der Waals surface area contributed by atoms with Gasteiger partial charge in [0.15, 0.2) is 0 Å². The summed E-state index contributed by atoms with van der Waals surface area (Å²) in [6.45, 7) is 2.25. The Balaban J connectivity index is 2.06. The van der Waals surface area contributed by atoms with E-state index in [9.17, 15) is 0 Å². The third-order valence-corrected chi connectivity index (χ3v) is 3.31. The molecule has 2 rings (SSSR count). The highest BCUT2D eigenvalue weighted by molar-refractivity contribution is 9.10. The Morgan fingerprint density at radius 3 is 2.86 bits per heavy atom. The molecule has 1 aliphatic rings. The van der Waals surface area contributed by atoms with Gasteiger partial charge in [-0.15, -0.1) is 0 Å². The van der Waals surface area contributed by atoms with Gasteiger partial charge in [0.1, 0.15) is 22.4 Å². The van der Waals surface area contributed by atoms with Gasteiger partial charge in [-0.3, -0.25) is 0 Å². The molecule has 1 saturated carbocycles. The van der Waals surface area contributed by atoms with E-state index in [1.54, 1.807) is 0 Å². The molecule has 0 bridgehead atoms. The summed E-state index contributed by atoms with van der Waals surface area (Å²) in [5, 5.41) is 3.34. The summed E-state index contributed by atoms with van der Waals surface area (Å²) in [5.41, 5.74) is 5.65. The predicted molar refractivity (Wildman–Crippen MR) is 60.0 cm³/mol. The minimum atomic E-state index is 0.481. The summed E-state index contributed by atoms with van der Waals surface area (Å²) in [4.78, 5) is 8.02. The number of halogens is 1. The number of aromatic nitrogens is 2. The molecule has 0 radical (unpaired) electrons. The molecule has 14 heavy (non-hydrogen) atoms. The summed E-state index contributed by atoms with van der Waals surface area (Å²) in [7, 11) is 0. The lowest BCUT2D eigenvalue weighted by Gasteiger charge is -2.33. The summed E-state index contributed by atoms with van der Waals surface area (Å²) < 4.78 is 0.763. The fraction of sp³-hybridized carbons (Fsp3) is 0.556. The fourth-order valence-electron chi connectivity index (χ4n) is 1.70. The van der Waals surface area contributed by atoms with Crippen molar-refractivity contribution in [3.05, 3.63) is 10.8 Å². The molecule has 1 aromatic heterocycles. The molecular weight excluding hydrogens is 244 g/mol. The zero-order valence-electron chi connectivity index (χ0n) is 8.00. The Bertz CT molecular complexity index is 336. The second-order valence-electron chi connectivity index (χ2n) is 3.84. The number of nitrogens with two attached hydrogens (primary N) is 1. The first-order chi connectivity index (χ1) is 6.66. The van der Waals surface area contributed by atoms with Crippen molar-refractivity contribution in [3.63, 3.8) is 0 Å². The molecule has 5 heteroatoms. The van der Waals surface area contributed by atoms with Gasteiger partial charge in [0.2, 0.25) is 0 Å². The van der Waals surface area contributed by atoms with Gasteiger partial charge in [-0.1, -0.05) is 6.92 Å². The lowest BCUT2D eigenvalue weighted by Crippen LogP contribution is -2.34. The van der Waals surface area contributed by atoms with E-state index in [4.69, 9.17) is 5.73 Å². The van der Waals surface area contributed by atoms with Crippen LogP contribution in [-0.2, 0) is 0 Å². The number of anilines is 2. The number of rotatable bonds is 2. The molecule has 0 unspecified atom stereocenters. The molecule has 1 aliphatic carbocycles. The number of nitrogens with zero attached hydrogens (tertiary/aromatic N) is 2. The van der Waals surface area contributed by atoms with Gasteiger partial charge >= 0.3 is 0 Å². The van der Waals surface area contributed by atoms with Crippen molar-refractivity contribution in [2.75, 3.05) is 11.1 Å². The van der Waals surface area contributed by atoms with Crippen LogP contribution in [0.25, 0.3) is 0 Å². The number of hydrogen-bond acceptors (Lipinski definition) is 4. The average Bonchev–Trinajstić information content (AvgIpc) is 2.10. The summed E-state index contributed by atoms with van der Waals surface area (Å²) in [5.74, 6) is 2.11. The van der Waals surface area contributed by atoms with Gasteiger partial charge in [0.05, 0.1) is 0 Å². The van der Waals surface area contributed by atoms with E-state index in [-0.39, 0.29) is 0 Å². The third kappa shape index (κ3) is 1.82. The Morgan fingerprint density at radius 1 is 1.50 bits per heavy atom. The maximum Gasteiger partial charge on any atom is 0.146 e. The molecule has 76 valence electrons. The van der Waals surface area contributed by atoms with Gasteiger partial charge in [-0.25, -0.2) is 9.97 Å². The standard InChI is InChI=1S/C9H13BrN4/c1-5-2-6(3-5)14-9-7(10)8(11)12-4-13-9/h4-6H,2-3H2,1H3,(H3,11,12,13,14). The van der Waals surface area contributed by atoms with E-state index in [1.807, 2.05) is 0 Å². The van der Waals surface area contributed by atoms with Gasteiger partial charge in [-0.05, 0) is 34.7 Å². The van der Waals surface area contributed by atoms with Crippen LogP contribution in [0.3, 0.4) is 0 Å². The van der Waals surface area contributed by atoms with Crippen LogP contribution in [0.4, 0.5) is 11.6 Å². The summed E-state index contributed by atoms with van der Waals surface area (Å²) in [6, 6.07) is 0.538. The van der Waals surface area contributed by atoms with E-state index in [0.29, 0.717) is 11.9 Å². The van der Waals surface area contributed by atoms with Gasteiger partial charge in [0, 0.05) is 6.04 Å². The highest BCUT2D eigenvalue weighted by Crippen LogP contribution is 2.32. The Labute approximate surface area is 91.4 Å². The second-order valence-corrected chi connectivity index (χ2v) is 4.63. The van der Waals surface area contributed by atoms with Gasteiger partial charge < -0.3 is 11.1 Å². The maximum atomic E-state index is 5.65. The van der Waals surface area contributed by atoms with Crippen LogP contribution in [0.2, 0.25) is 0 Å². The van der Waals surface area contributed by atoms with Crippen molar-refractivity contribution in [2.24, 2.45) is 5.92 Å². The van der Waals surface area contributed by atoms with E-state index < -0.39 is 0 Å². The van der Waals surface area contributed by atoms with Crippen molar-refractivity contribution in [1.82, 2.24) is 9.97 Å². The molecule has 0 aromatic carbocycles. The van der Waals surface area contributed by atoms with Crippen LogP contribution in [0, 0.1) is 5.92 Å². The van der Waals surface area contributed by atoms with Crippen LogP contribution >= 0.6 is 15.9 Å². The molecule has 0 spiro atoms. The van der Waals surface area contributed by atoms with Crippen LogP contribution in [0.5, 0.6) is 0 Å². The molecule has 0 aliphatic heterocycles. The average molecular weight is 257 g/mol. The molecular formula is C9H13BrN4. The fourth-order valence-corrected chi connectivity index (χ4v) is 2.02. The lowest BCUT2D eigenvalue weighted by molar-refractivity contribution is 0.308. The van der Waals surface area contributed by atoms with E-state index in [2.05, 4.69) is 38.1 Å². The van der Waals surface area contributed by atoms with Crippen LogP contribution in [0.15, 0.2) is 10.8 Å². The number of hydrogen-bond donors (Lipinski definition) is 2. The van der Waals surface area contributed by atoms with Crippen molar-refractivity contribution >= 4 is 27.6 Å². The molecule has 0 amide bonds. The summed E-state index contributed by atoms with van der Waals surface area (Å²) in [6.07, 6.45) is 3.89. The molecule has 0 atom stereocenters. The molecule has 3 N–H and O–H groups in total. The predicted octanol–water partition coefficient (Wildman–Crippen LogP) is 2.03. The van der Waals surface area contributed by atoms with Crippen molar-refractivity contribution in [3.8, 4) is 0 Å². The Morgan fingerprint density at radius 2 is 2.21 bits per heavy atom. The lowest BCUT2D eigenvalue weighted by atomic mass is 9.82. The molecule has 1 fully saturated rings. The zero-order valence-corrected chi connectivity index (χ0v) is 9.58. The molecule has 1 aromatic rings. The van der Waals surface area contributed by atoms with Gasteiger partial charge in [0.25, 0.3) is 0 Å². The van der Waals surface area contributed by atoms with E-state index in [0.717, 1.165) is 16.2 Å². The SMILES string of the molecule is CC1CC(Nc2ncnc(N)c2Br)C1. The number of nitrogens with one attached hydrogen (secondary N) is 1. The van der Waals surface area contributed by atoms with Crippen molar-refractivity contribution in [2.45, 2.75) is 25.8 Å². The van der Waals surface area contributed by atoms with Crippen LogP contribution in [-0.4, -0.2) is 16.0 Å². The zero-order chi connectivity index (χ0) is 10.1. The number of nitrogen functional groups attached to an aromatic ring is 1. The minimum absolute atomic E-state index is 0.481. The topological polar surface area (TPSA) is 63.8 Å². The summed E-state index contributed by atoms with van der Waals surface area (Å²) >= 11 is 3.36. The molecule has 0 saturated heterocycles. The Hall–Kier alpha value is -0.840. The normalized spacial score (nSPS) is 25.6. The van der Waals surface area contributed by atoms with Crippen LogP contribution < -0.4 is 11.1 Å². The third-order valence-electron chi connectivity index (χ3n) is 2.53. The smallest absolute Gasteiger partial charge is 0.146 e. The van der Waals surface area contributed by atoms with E-state index in [1.165, 1.54) is 19.2 Å². The minimum Gasteiger partial charge on any atom is -0.383 e.